The summed E-state index contributed by atoms with van der Waals surface area (Å²) in [5.41, 5.74) is 2.48. The number of thioether (sulfide) groups is 1. The summed E-state index contributed by atoms with van der Waals surface area (Å²) in [6, 6.07) is 15.5. The van der Waals surface area contributed by atoms with Crippen LogP contribution >= 0.6 is 11.8 Å². The largest absolute Gasteiger partial charge is 0.340 e. The topological polar surface area (TPSA) is 72.3 Å². The van der Waals surface area contributed by atoms with Crippen LogP contribution in [0, 0.1) is 0 Å². The molecule has 0 fully saturated rings. The van der Waals surface area contributed by atoms with Gasteiger partial charge in [0.25, 0.3) is 0 Å². The second-order valence-electron chi connectivity index (χ2n) is 6.77. The van der Waals surface area contributed by atoms with Crippen LogP contribution in [-0.2, 0) is 33.5 Å². The van der Waals surface area contributed by atoms with Gasteiger partial charge in [-0.05, 0) is 36.1 Å². The van der Waals surface area contributed by atoms with Gasteiger partial charge in [-0.15, -0.1) is 11.8 Å². The third-order valence-corrected chi connectivity index (χ3v) is 5.95. The van der Waals surface area contributed by atoms with Gasteiger partial charge in [0.2, 0.25) is 5.91 Å². The number of fused-ring (bicyclic) bond motifs is 1. The van der Waals surface area contributed by atoms with Gasteiger partial charge in [0, 0.05) is 24.7 Å². The van der Waals surface area contributed by atoms with Gasteiger partial charge in [-0.25, -0.2) is 13.4 Å². The molecule has 1 heterocycles. The highest BCUT2D eigenvalue weighted by atomic mass is 32.2. The van der Waals surface area contributed by atoms with Crippen LogP contribution in [0.25, 0.3) is 11.0 Å². The Morgan fingerprint density at radius 3 is 2.46 bits per heavy atom. The van der Waals surface area contributed by atoms with Crippen molar-refractivity contribution in [2.24, 2.45) is 0 Å². The standard InChI is InChI=1S/C20H23N3O3S2/c1-22(12-15-8-10-16(27-2)11-9-15)20(24)13-23-18-7-5-4-6-17(18)21-19(23)14-28(3,25)26/h4-11H,12-14H2,1-3H3. The maximum atomic E-state index is 12.8. The number of likely N-dealkylation sites (N-methyl/N-ethyl adjacent to an activating group) is 1. The fraction of sp³-hybridized carbons (Fsp3) is 0.300. The van der Waals surface area contributed by atoms with E-state index in [1.807, 2.05) is 54.8 Å². The first kappa shape index (κ1) is 20.4. The summed E-state index contributed by atoms with van der Waals surface area (Å²) in [4.78, 5) is 20.1. The van der Waals surface area contributed by atoms with E-state index in [2.05, 4.69) is 4.98 Å². The van der Waals surface area contributed by atoms with Crippen LogP contribution in [0.2, 0.25) is 0 Å². The van der Waals surface area contributed by atoms with Crippen molar-refractivity contribution in [1.82, 2.24) is 14.5 Å². The summed E-state index contributed by atoms with van der Waals surface area (Å²) < 4.78 is 25.3. The highest BCUT2D eigenvalue weighted by Crippen LogP contribution is 2.19. The van der Waals surface area contributed by atoms with Crippen LogP contribution in [-0.4, -0.2) is 48.3 Å². The quantitative estimate of drug-likeness (QED) is 0.553. The zero-order valence-corrected chi connectivity index (χ0v) is 17.8. The Balaban J connectivity index is 1.82. The molecule has 1 aromatic heterocycles. The lowest BCUT2D eigenvalue weighted by atomic mass is 10.2. The zero-order valence-electron chi connectivity index (χ0n) is 16.1. The highest BCUT2D eigenvalue weighted by Gasteiger charge is 2.19. The Bertz CT molecular complexity index is 1090. The van der Waals surface area contributed by atoms with Crippen molar-refractivity contribution >= 4 is 38.5 Å². The molecule has 8 heteroatoms. The Hall–Kier alpha value is -2.32. The molecule has 0 aliphatic carbocycles. The number of carbonyl (C=O) groups excluding carboxylic acids is 1. The van der Waals surface area contributed by atoms with Crippen molar-refractivity contribution in [3.05, 3.63) is 59.9 Å². The number of para-hydroxylation sites is 2. The van der Waals surface area contributed by atoms with Gasteiger partial charge in [0.05, 0.1) is 11.0 Å². The summed E-state index contributed by atoms with van der Waals surface area (Å²) in [7, 11) is -1.52. The molecule has 0 N–H and O–H groups in total. The molecule has 2 aromatic carbocycles. The Morgan fingerprint density at radius 1 is 1.14 bits per heavy atom. The molecule has 0 aliphatic heterocycles. The SMILES string of the molecule is CSc1ccc(CN(C)C(=O)Cn2c(CS(C)(=O)=O)nc3ccccc32)cc1. The minimum absolute atomic E-state index is 0.0464. The molecule has 0 radical (unpaired) electrons. The van der Waals surface area contributed by atoms with Gasteiger partial charge in [0.1, 0.15) is 18.1 Å². The Morgan fingerprint density at radius 2 is 1.82 bits per heavy atom. The molecule has 0 saturated carbocycles. The van der Waals surface area contributed by atoms with Crippen LogP contribution in [0.15, 0.2) is 53.4 Å². The van der Waals surface area contributed by atoms with E-state index in [1.165, 1.54) is 11.2 Å². The van der Waals surface area contributed by atoms with Gasteiger partial charge < -0.3 is 9.47 Å². The number of benzene rings is 2. The second kappa shape index (κ2) is 8.36. The number of sulfone groups is 1. The molecule has 0 saturated heterocycles. The number of rotatable bonds is 7. The maximum absolute atomic E-state index is 12.8. The fourth-order valence-corrected chi connectivity index (χ4v) is 4.09. The summed E-state index contributed by atoms with van der Waals surface area (Å²) >= 11 is 1.67. The predicted molar refractivity (Wildman–Crippen MR) is 113 cm³/mol. The van der Waals surface area contributed by atoms with E-state index in [0.717, 1.165) is 11.1 Å². The molecule has 3 rings (SSSR count). The normalized spacial score (nSPS) is 11.7. The minimum Gasteiger partial charge on any atom is -0.340 e. The first-order chi connectivity index (χ1) is 13.3. The van der Waals surface area contributed by atoms with Crippen molar-refractivity contribution < 1.29 is 13.2 Å². The van der Waals surface area contributed by atoms with Gasteiger partial charge >= 0.3 is 0 Å². The second-order valence-corrected chi connectivity index (χ2v) is 9.79. The van der Waals surface area contributed by atoms with Crippen molar-refractivity contribution in [2.45, 2.75) is 23.7 Å². The Labute approximate surface area is 169 Å². The number of nitrogens with zero attached hydrogens (tertiary/aromatic N) is 3. The molecule has 0 atom stereocenters. The maximum Gasteiger partial charge on any atom is 0.242 e. The van der Waals surface area contributed by atoms with E-state index in [9.17, 15) is 13.2 Å². The van der Waals surface area contributed by atoms with Crippen molar-refractivity contribution in [3.8, 4) is 0 Å². The lowest BCUT2D eigenvalue weighted by Crippen LogP contribution is -2.30. The monoisotopic (exact) mass is 417 g/mol. The van der Waals surface area contributed by atoms with Gasteiger partial charge in [-0.2, -0.15) is 0 Å². The minimum atomic E-state index is -3.27. The van der Waals surface area contributed by atoms with E-state index < -0.39 is 9.84 Å². The molecule has 148 valence electrons. The van der Waals surface area contributed by atoms with Crippen LogP contribution in [0.5, 0.6) is 0 Å². The van der Waals surface area contributed by atoms with E-state index in [4.69, 9.17) is 0 Å². The molecular formula is C20H23N3O3S2. The van der Waals surface area contributed by atoms with E-state index in [-0.39, 0.29) is 18.2 Å². The first-order valence-electron chi connectivity index (χ1n) is 8.75. The molecule has 0 spiro atoms. The Kier molecular flexibility index (Phi) is 6.10. The van der Waals surface area contributed by atoms with Crippen molar-refractivity contribution in [2.75, 3.05) is 19.6 Å². The first-order valence-corrected chi connectivity index (χ1v) is 12.0. The van der Waals surface area contributed by atoms with Gasteiger partial charge in [-0.1, -0.05) is 24.3 Å². The fourth-order valence-electron chi connectivity index (χ4n) is 3.00. The molecule has 0 aliphatic rings. The number of hydrogen-bond acceptors (Lipinski definition) is 5. The average molecular weight is 418 g/mol. The lowest BCUT2D eigenvalue weighted by molar-refractivity contribution is -0.131. The molecule has 0 unspecified atom stereocenters. The van der Waals surface area contributed by atoms with Crippen LogP contribution < -0.4 is 0 Å². The third kappa shape index (κ3) is 4.94. The summed E-state index contributed by atoms with van der Waals surface area (Å²) in [5, 5.41) is 0. The molecule has 28 heavy (non-hydrogen) atoms. The summed E-state index contributed by atoms with van der Waals surface area (Å²) in [6.07, 6.45) is 3.19. The van der Waals surface area contributed by atoms with E-state index in [0.29, 0.717) is 17.9 Å². The van der Waals surface area contributed by atoms with Crippen LogP contribution in [0.1, 0.15) is 11.4 Å². The number of carbonyl (C=O) groups is 1. The van der Waals surface area contributed by atoms with Crippen LogP contribution in [0.4, 0.5) is 0 Å². The molecular weight excluding hydrogens is 394 g/mol. The third-order valence-electron chi connectivity index (χ3n) is 4.42. The van der Waals surface area contributed by atoms with Gasteiger partial charge in [-0.3, -0.25) is 4.79 Å². The molecule has 0 bridgehead atoms. The smallest absolute Gasteiger partial charge is 0.242 e. The number of hydrogen-bond donors (Lipinski definition) is 0. The molecule has 6 nitrogen and oxygen atoms in total. The summed E-state index contributed by atoms with van der Waals surface area (Å²) in [5.74, 6) is 0.0797. The predicted octanol–water partition coefficient (Wildman–Crippen LogP) is 2.96. The zero-order chi connectivity index (χ0) is 20.3. The number of aromatic nitrogens is 2. The van der Waals surface area contributed by atoms with Crippen molar-refractivity contribution in [1.29, 1.82) is 0 Å². The van der Waals surface area contributed by atoms with E-state index >= 15 is 0 Å². The highest BCUT2D eigenvalue weighted by molar-refractivity contribution is 7.98. The van der Waals surface area contributed by atoms with E-state index in [1.54, 1.807) is 28.3 Å². The van der Waals surface area contributed by atoms with Crippen LogP contribution in [0.3, 0.4) is 0 Å². The average Bonchev–Trinajstić information content (AvgIpc) is 2.97. The summed E-state index contributed by atoms with van der Waals surface area (Å²) in [6.45, 7) is 0.534. The van der Waals surface area contributed by atoms with Crippen molar-refractivity contribution in [3.63, 3.8) is 0 Å². The number of imidazole rings is 1. The lowest BCUT2D eigenvalue weighted by Gasteiger charge is -2.19. The number of amides is 1. The van der Waals surface area contributed by atoms with Gasteiger partial charge in [0.15, 0.2) is 9.84 Å². The molecule has 3 aromatic rings. The molecule has 1 amide bonds.